The standard InChI is InChI=1S/C17H26N2O2S/c1-2-9-19-12-17(18-22(19,20)21)15-7-8-16(17)11-14-6-4-3-5-13(14)10-15/h3,5,15-16,18H,2,4,6-12H2,1H3. The molecule has 22 heavy (non-hydrogen) atoms. The summed E-state index contributed by atoms with van der Waals surface area (Å²) in [5, 5.41) is 0. The number of allylic oxidation sites excluding steroid dienone is 4. The van der Waals surface area contributed by atoms with Crippen molar-refractivity contribution in [2.45, 2.75) is 57.4 Å². The molecule has 3 unspecified atom stereocenters. The van der Waals surface area contributed by atoms with Gasteiger partial charge >= 0.3 is 0 Å². The molecule has 0 aromatic carbocycles. The van der Waals surface area contributed by atoms with E-state index in [2.05, 4.69) is 16.9 Å². The molecule has 1 spiro atoms. The van der Waals surface area contributed by atoms with Crippen molar-refractivity contribution in [2.24, 2.45) is 11.8 Å². The Kier molecular flexibility index (Phi) is 3.51. The summed E-state index contributed by atoms with van der Waals surface area (Å²) in [4.78, 5) is 0. The van der Waals surface area contributed by atoms with E-state index in [1.54, 1.807) is 9.88 Å². The summed E-state index contributed by atoms with van der Waals surface area (Å²) >= 11 is 0. The summed E-state index contributed by atoms with van der Waals surface area (Å²) in [5.41, 5.74) is 2.90. The molecule has 3 aliphatic carbocycles. The van der Waals surface area contributed by atoms with Gasteiger partial charge in [-0.25, -0.2) is 0 Å². The van der Waals surface area contributed by atoms with Crippen molar-refractivity contribution in [2.75, 3.05) is 13.1 Å². The molecule has 0 aromatic heterocycles. The Balaban J connectivity index is 1.68. The van der Waals surface area contributed by atoms with E-state index in [1.807, 2.05) is 6.92 Å². The lowest BCUT2D eigenvalue weighted by molar-refractivity contribution is 0.212. The van der Waals surface area contributed by atoms with Crippen LogP contribution in [0.15, 0.2) is 23.3 Å². The van der Waals surface area contributed by atoms with Gasteiger partial charge < -0.3 is 0 Å². The van der Waals surface area contributed by atoms with E-state index in [9.17, 15) is 8.42 Å². The molecule has 5 heteroatoms. The first kappa shape index (κ1) is 14.9. The number of hydrogen-bond acceptors (Lipinski definition) is 2. The van der Waals surface area contributed by atoms with Crippen molar-refractivity contribution < 1.29 is 8.42 Å². The lowest BCUT2D eigenvalue weighted by atomic mass is 9.79. The second kappa shape index (κ2) is 5.18. The zero-order valence-electron chi connectivity index (χ0n) is 13.3. The highest BCUT2D eigenvalue weighted by atomic mass is 32.2. The SMILES string of the molecule is CCCN1CC2(NS1(=O)=O)C1CCC2CC2=C(C=CCC2)C1. The summed E-state index contributed by atoms with van der Waals surface area (Å²) in [7, 11) is -3.29. The van der Waals surface area contributed by atoms with E-state index in [1.165, 1.54) is 18.4 Å². The second-order valence-corrected chi connectivity index (χ2v) is 9.10. The Bertz CT molecular complexity index is 637. The van der Waals surface area contributed by atoms with Crippen molar-refractivity contribution in [1.82, 2.24) is 9.03 Å². The fourth-order valence-corrected chi connectivity index (χ4v) is 6.99. The zero-order chi connectivity index (χ0) is 15.4. The number of nitrogens with one attached hydrogen (secondary N) is 1. The molecule has 1 aliphatic heterocycles. The normalized spacial score (nSPS) is 40.2. The predicted molar refractivity (Wildman–Crippen MR) is 87.5 cm³/mol. The first-order valence-electron chi connectivity index (χ1n) is 8.71. The Labute approximate surface area is 133 Å². The maximum absolute atomic E-state index is 12.6. The molecule has 2 fully saturated rings. The van der Waals surface area contributed by atoms with Crippen molar-refractivity contribution in [3.63, 3.8) is 0 Å². The average molecular weight is 322 g/mol. The second-order valence-electron chi connectivity index (χ2n) is 7.43. The molecular formula is C17H26N2O2S. The van der Waals surface area contributed by atoms with Crippen LogP contribution < -0.4 is 4.72 Å². The molecular weight excluding hydrogens is 296 g/mol. The van der Waals surface area contributed by atoms with E-state index in [4.69, 9.17) is 0 Å². The molecule has 3 atom stereocenters. The van der Waals surface area contributed by atoms with Crippen LogP contribution in [-0.4, -0.2) is 31.4 Å². The van der Waals surface area contributed by atoms with Crippen LogP contribution in [0.2, 0.25) is 0 Å². The van der Waals surface area contributed by atoms with Gasteiger partial charge in [0.2, 0.25) is 0 Å². The molecule has 0 radical (unpaired) electrons. The van der Waals surface area contributed by atoms with Crippen LogP contribution >= 0.6 is 0 Å². The van der Waals surface area contributed by atoms with Crippen LogP contribution in [0.5, 0.6) is 0 Å². The Morgan fingerprint density at radius 1 is 1.32 bits per heavy atom. The van der Waals surface area contributed by atoms with E-state index < -0.39 is 10.2 Å². The van der Waals surface area contributed by atoms with Crippen molar-refractivity contribution in [1.29, 1.82) is 0 Å². The van der Waals surface area contributed by atoms with Crippen molar-refractivity contribution in [3.8, 4) is 0 Å². The minimum atomic E-state index is -3.29. The highest BCUT2D eigenvalue weighted by molar-refractivity contribution is 7.87. The van der Waals surface area contributed by atoms with Gasteiger partial charge in [0.25, 0.3) is 10.2 Å². The van der Waals surface area contributed by atoms with Gasteiger partial charge in [0.15, 0.2) is 0 Å². The molecule has 1 saturated heterocycles. The Morgan fingerprint density at radius 3 is 2.86 bits per heavy atom. The van der Waals surface area contributed by atoms with Crippen LogP contribution in [0, 0.1) is 11.8 Å². The van der Waals surface area contributed by atoms with Gasteiger partial charge in [-0.05, 0) is 62.4 Å². The van der Waals surface area contributed by atoms with Gasteiger partial charge in [-0.15, -0.1) is 0 Å². The lowest BCUT2D eigenvalue weighted by Crippen LogP contribution is -2.51. The van der Waals surface area contributed by atoms with Crippen LogP contribution in [0.4, 0.5) is 0 Å². The molecule has 4 nitrogen and oxygen atoms in total. The Hall–Kier alpha value is -0.650. The highest BCUT2D eigenvalue weighted by Gasteiger charge is 2.59. The molecule has 122 valence electrons. The third kappa shape index (κ3) is 2.13. The van der Waals surface area contributed by atoms with Crippen LogP contribution in [-0.2, 0) is 10.2 Å². The quantitative estimate of drug-likeness (QED) is 0.850. The highest BCUT2D eigenvalue weighted by Crippen LogP contribution is 2.53. The number of nitrogens with zero attached hydrogens (tertiary/aromatic N) is 1. The molecule has 1 saturated carbocycles. The van der Waals surface area contributed by atoms with Gasteiger partial charge in [0.1, 0.15) is 0 Å². The summed E-state index contributed by atoms with van der Waals surface area (Å²) < 4.78 is 29.9. The first-order valence-corrected chi connectivity index (χ1v) is 10.2. The third-order valence-corrected chi connectivity index (χ3v) is 7.87. The van der Waals surface area contributed by atoms with E-state index >= 15 is 0 Å². The smallest absolute Gasteiger partial charge is 0.195 e. The van der Waals surface area contributed by atoms with Crippen LogP contribution in [0.25, 0.3) is 0 Å². The maximum Gasteiger partial charge on any atom is 0.280 e. The monoisotopic (exact) mass is 322 g/mol. The van der Waals surface area contributed by atoms with Crippen molar-refractivity contribution >= 4 is 10.2 Å². The average Bonchev–Trinajstić information content (AvgIpc) is 2.85. The molecule has 2 bridgehead atoms. The van der Waals surface area contributed by atoms with Gasteiger partial charge in [0, 0.05) is 13.1 Å². The molecule has 1 heterocycles. The summed E-state index contributed by atoms with van der Waals surface area (Å²) in [6, 6.07) is 0. The van der Waals surface area contributed by atoms with Crippen LogP contribution in [0.3, 0.4) is 0 Å². The summed E-state index contributed by atoms with van der Waals surface area (Å²) in [6.45, 7) is 3.37. The third-order valence-electron chi connectivity index (χ3n) is 6.24. The molecule has 0 amide bonds. The van der Waals surface area contributed by atoms with E-state index in [0.717, 1.165) is 32.1 Å². The van der Waals surface area contributed by atoms with Gasteiger partial charge in [-0.3, -0.25) is 0 Å². The molecule has 4 aliphatic rings. The molecule has 0 aromatic rings. The van der Waals surface area contributed by atoms with Crippen molar-refractivity contribution in [3.05, 3.63) is 23.3 Å². The first-order chi connectivity index (χ1) is 10.5. The fourth-order valence-electron chi connectivity index (χ4n) is 5.18. The topological polar surface area (TPSA) is 49.4 Å². The fraction of sp³-hybridized carbons (Fsp3) is 0.765. The van der Waals surface area contributed by atoms with Gasteiger partial charge in [0.05, 0.1) is 5.54 Å². The zero-order valence-corrected chi connectivity index (χ0v) is 14.2. The number of rotatable bonds is 2. The van der Waals surface area contributed by atoms with E-state index in [-0.39, 0.29) is 5.54 Å². The summed E-state index contributed by atoms with van der Waals surface area (Å²) in [5.74, 6) is 0.942. The van der Waals surface area contributed by atoms with Crippen LogP contribution in [0.1, 0.15) is 51.9 Å². The largest absolute Gasteiger partial charge is 0.280 e. The lowest BCUT2D eigenvalue weighted by Gasteiger charge is -2.34. The molecule has 4 rings (SSSR count). The summed E-state index contributed by atoms with van der Waals surface area (Å²) in [6.07, 6.45) is 12.3. The minimum absolute atomic E-state index is 0.209. The Morgan fingerprint density at radius 2 is 2.09 bits per heavy atom. The van der Waals surface area contributed by atoms with Gasteiger partial charge in [-0.1, -0.05) is 24.6 Å². The number of hydrogen-bond donors (Lipinski definition) is 1. The predicted octanol–water partition coefficient (Wildman–Crippen LogP) is 2.75. The molecule has 1 N–H and O–H groups in total. The van der Waals surface area contributed by atoms with E-state index in [0.29, 0.717) is 24.9 Å². The van der Waals surface area contributed by atoms with Gasteiger partial charge in [-0.2, -0.15) is 17.4 Å². The minimum Gasteiger partial charge on any atom is -0.195 e. The maximum atomic E-state index is 12.6.